The monoisotopic (exact) mass is 181 g/mol. The molecule has 1 heterocycles. The van der Waals surface area contributed by atoms with Gasteiger partial charge in [-0.1, -0.05) is 0 Å². The molecule has 0 saturated carbocycles. The summed E-state index contributed by atoms with van der Waals surface area (Å²) in [7, 11) is 0. The Morgan fingerprint density at radius 1 is 1.46 bits per heavy atom. The Morgan fingerprint density at radius 2 is 2.08 bits per heavy atom. The first-order chi connectivity index (χ1) is 6.14. The van der Waals surface area contributed by atoms with Gasteiger partial charge < -0.3 is 10.6 Å². The van der Waals surface area contributed by atoms with Gasteiger partial charge in [0.1, 0.15) is 0 Å². The van der Waals surface area contributed by atoms with E-state index in [0.717, 1.165) is 19.6 Å². The Hall–Kier alpha value is -0.590. The Bertz CT molecular complexity index is 187. The zero-order valence-corrected chi connectivity index (χ0v) is 8.56. The molecule has 0 aromatic heterocycles. The Labute approximate surface area is 80.5 Å². The molecule has 0 unspecified atom stereocenters. The third kappa shape index (κ3) is 3.75. The Kier molecular flexibility index (Phi) is 3.71. The smallest absolute Gasteiger partial charge is 0.0697 e. The largest absolute Gasteiger partial charge is 0.317 e. The molecule has 2 N–H and O–H groups in total. The molecule has 0 bridgehead atoms. The fourth-order valence-electron chi connectivity index (χ4n) is 1.47. The maximum Gasteiger partial charge on any atom is 0.0697 e. The van der Waals surface area contributed by atoms with Crippen LogP contribution in [0.1, 0.15) is 26.7 Å². The van der Waals surface area contributed by atoms with Gasteiger partial charge in [-0.2, -0.15) is 5.26 Å². The van der Waals surface area contributed by atoms with E-state index >= 15 is 0 Å². The fourth-order valence-corrected chi connectivity index (χ4v) is 1.47. The maximum atomic E-state index is 8.82. The van der Waals surface area contributed by atoms with Crippen LogP contribution in [0.3, 0.4) is 0 Å². The highest BCUT2D eigenvalue weighted by molar-refractivity contribution is 4.94. The average Bonchev–Trinajstić information content (AvgIpc) is 2.17. The molecule has 0 spiro atoms. The summed E-state index contributed by atoms with van der Waals surface area (Å²) in [5.41, 5.74) is -0.231. The van der Waals surface area contributed by atoms with Gasteiger partial charge in [-0.25, -0.2) is 0 Å². The number of rotatable bonds is 3. The normalized spacial score (nSPS) is 19.8. The topological polar surface area (TPSA) is 47.9 Å². The van der Waals surface area contributed by atoms with Crippen LogP contribution < -0.4 is 10.6 Å². The zero-order valence-electron chi connectivity index (χ0n) is 8.56. The second kappa shape index (κ2) is 4.59. The van der Waals surface area contributed by atoms with Crippen molar-refractivity contribution in [1.82, 2.24) is 10.6 Å². The second-order valence-corrected chi connectivity index (χ2v) is 4.40. The molecule has 0 radical (unpaired) electrons. The van der Waals surface area contributed by atoms with Crippen LogP contribution in [-0.2, 0) is 0 Å². The van der Waals surface area contributed by atoms with Crippen molar-refractivity contribution in [3.63, 3.8) is 0 Å². The summed E-state index contributed by atoms with van der Waals surface area (Å²) in [4.78, 5) is 0. The lowest BCUT2D eigenvalue weighted by Gasteiger charge is -2.26. The number of nitrogens with zero attached hydrogens (tertiary/aromatic N) is 1. The van der Waals surface area contributed by atoms with E-state index in [2.05, 4.69) is 16.7 Å². The van der Waals surface area contributed by atoms with E-state index in [0.29, 0.717) is 6.04 Å². The molecule has 0 atom stereocenters. The summed E-state index contributed by atoms with van der Waals surface area (Å²) in [6, 6.07) is 2.91. The van der Waals surface area contributed by atoms with Crippen molar-refractivity contribution in [2.75, 3.05) is 19.6 Å². The lowest BCUT2D eigenvalue weighted by atomic mass is 9.95. The van der Waals surface area contributed by atoms with Crippen LogP contribution in [0.5, 0.6) is 0 Å². The molecule has 13 heavy (non-hydrogen) atoms. The highest BCUT2D eigenvalue weighted by atomic mass is 15.0. The van der Waals surface area contributed by atoms with Crippen molar-refractivity contribution in [3.8, 4) is 6.07 Å². The third-order valence-corrected chi connectivity index (χ3v) is 2.47. The number of hydrogen-bond donors (Lipinski definition) is 2. The van der Waals surface area contributed by atoms with Gasteiger partial charge in [0.25, 0.3) is 0 Å². The van der Waals surface area contributed by atoms with Crippen molar-refractivity contribution >= 4 is 0 Å². The molecule has 0 aliphatic carbocycles. The first-order valence-electron chi connectivity index (χ1n) is 4.99. The minimum atomic E-state index is -0.231. The van der Waals surface area contributed by atoms with Crippen LogP contribution in [0.2, 0.25) is 0 Å². The summed E-state index contributed by atoms with van der Waals surface area (Å²) >= 11 is 0. The van der Waals surface area contributed by atoms with Gasteiger partial charge in [0.2, 0.25) is 0 Å². The van der Waals surface area contributed by atoms with Crippen LogP contribution in [-0.4, -0.2) is 25.7 Å². The molecule has 3 nitrogen and oxygen atoms in total. The first-order valence-corrected chi connectivity index (χ1v) is 4.99. The molecule has 0 aromatic carbocycles. The minimum absolute atomic E-state index is 0.231. The molecule has 3 heteroatoms. The highest BCUT2D eigenvalue weighted by Crippen LogP contribution is 2.12. The quantitative estimate of drug-likeness (QED) is 0.679. The number of hydrogen-bond acceptors (Lipinski definition) is 3. The van der Waals surface area contributed by atoms with Crippen LogP contribution in [0.15, 0.2) is 0 Å². The molecule has 1 aliphatic rings. The molecule has 74 valence electrons. The summed E-state index contributed by atoms with van der Waals surface area (Å²) in [6.07, 6.45) is 2.36. The zero-order chi connectivity index (χ0) is 9.73. The lowest BCUT2D eigenvalue weighted by Crippen LogP contribution is -2.43. The molecular weight excluding hydrogens is 162 g/mol. The molecule has 1 aliphatic heterocycles. The van der Waals surface area contributed by atoms with E-state index in [1.54, 1.807) is 0 Å². The first kappa shape index (κ1) is 10.5. The van der Waals surface area contributed by atoms with Gasteiger partial charge in [-0.05, 0) is 39.8 Å². The van der Waals surface area contributed by atoms with Crippen molar-refractivity contribution in [1.29, 1.82) is 5.26 Å². The number of piperidine rings is 1. The molecular formula is C10H19N3. The fraction of sp³-hybridized carbons (Fsp3) is 0.900. The van der Waals surface area contributed by atoms with Gasteiger partial charge in [0.15, 0.2) is 0 Å². The average molecular weight is 181 g/mol. The van der Waals surface area contributed by atoms with E-state index < -0.39 is 0 Å². The molecule has 0 amide bonds. The van der Waals surface area contributed by atoms with Crippen LogP contribution >= 0.6 is 0 Å². The number of nitriles is 1. The van der Waals surface area contributed by atoms with Gasteiger partial charge in [0.05, 0.1) is 11.5 Å². The van der Waals surface area contributed by atoms with Gasteiger partial charge in [-0.3, -0.25) is 0 Å². The van der Waals surface area contributed by atoms with Crippen molar-refractivity contribution in [2.24, 2.45) is 5.41 Å². The summed E-state index contributed by atoms with van der Waals surface area (Å²) in [5, 5.41) is 15.6. The third-order valence-electron chi connectivity index (χ3n) is 2.47. The number of nitrogens with one attached hydrogen (secondary N) is 2. The van der Waals surface area contributed by atoms with E-state index in [-0.39, 0.29) is 5.41 Å². The minimum Gasteiger partial charge on any atom is -0.317 e. The highest BCUT2D eigenvalue weighted by Gasteiger charge is 2.19. The molecule has 0 aromatic rings. The predicted octanol–water partition coefficient (Wildman–Crippen LogP) is 0.878. The van der Waals surface area contributed by atoms with Crippen molar-refractivity contribution in [3.05, 3.63) is 0 Å². The van der Waals surface area contributed by atoms with Gasteiger partial charge in [0, 0.05) is 12.6 Å². The maximum absolute atomic E-state index is 8.82. The van der Waals surface area contributed by atoms with Crippen LogP contribution in [0.25, 0.3) is 0 Å². The van der Waals surface area contributed by atoms with Crippen LogP contribution in [0, 0.1) is 16.7 Å². The summed E-state index contributed by atoms with van der Waals surface area (Å²) < 4.78 is 0. The van der Waals surface area contributed by atoms with E-state index in [1.165, 1.54) is 12.8 Å². The summed E-state index contributed by atoms with van der Waals surface area (Å²) in [5.74, 6) is 0. The van der Waals surface area contributed by atoms with Gasteiger partial charge >= 0.3 is 0 Å². The molecule has 1 fully saturated rings. The van der Waals surface area contributed by atoms with E-state index in [1.807, 2.05) is 13.8 Å². The van der Waals surface area contributed by atoms with E-state index in [4.69, 9.17) is 5.26 Å². The van der Waals surface area contributed by atoms with Crippen LogP contribution in [0.4, 0.5) is 0 Å². The molecule has 1 saturated heterocycles. The van der Waals surface area contributed by atoms with E-state index in [9.17, 15) is 0 Å². The van der Waals surface area contributed by atoms with Crippen molar-refractivity contribution in [2.45, 2.75) is 32.7 Å². The summed E-state index contributed by atoms with van der Waals surface area (Å²) in [6.45, 7) is 6.95. The predicted molar refractivity (Wildman–Crippen MR) is 53.3 cm³/mol. The van der Waals surface area contributed by atoms with Crippen molar-refractivity contribution < 1.29 is 0 Å². The lowest BCUT2D eigenvalue weighted by molar-refractivity contribution is 0.342. The Balaban J connectivity index is 2.22. The van der Waals surface area contributed by atoms with Gasteiger partial charge in [-0.15, -0.1) is 0 Å². The second-order valence-electron chi connectivity index (χ2n) is 4.40. The Morgan fingerprint density at radius 3 is 2.62 bits per heavy atom. The molecule has 1 rings (SSSR count). The SMILES string of the molecule is CC(C)(C#N)CNC1CCNCC1. The standard InChI is InChI=1S/C10H19N3/c1-10(2,7-11)8-13-9-3-5-12-6-4-9/h9,12-13H,3-6,8H2,1-2H3.